The van der Waals surface area contributed by atoms with E-state index in [4.69, 9.17) is 4.74 Å². The number of hydrogen-bond donors (Lipinski definition) is 0. The van der Waals surface area contributed by atoms with E-state index in [9.17, 15) is 0 Å². The van der Waals surface area contributed by atoms with E-state index in [2.05, 4.69) is 40.6 Å². The average molecular weight is 424 g/mol. The van der Waals surface area contributed by atoms with E-state index in [0.29, 0.717) is 12.6 Å². The first kappa shape index (κ1) is 25.0. The highest BCUT2D eigenvalue weighted by Gasteiger charge is 2.03. The molecule has 0 saturated carbocycles. The van der Waals surface area contributed by atoms with Crippen molar-refractivity contribution in [3.63, 3.8) is 0 Å². The number of nitrogens with zero attached hydrogens (tertiary/aromatic N) is 3. The van der Waals surface area contributed by atoms with Gasteiger partial charge in [0.2, 0.25) is 0 Å². The zero-order chi connectivity index (χ0) is 22.0. The maximum Gasteiger partial charge on any atom is 0.316 e. The Hall–Kier alpha value is -2.23. The lowest BCUT2D eigenvalue weighted by molar-refractivity contribution is 0.281. The van der Waals surface area contributed by atoms with Gasteiger partial charge in [0.05, 0.1) is 6.61 Å². The first-order valence-electron chi connectivity index (χ1n) is 12.3. The zero-order valence-corrected chi connectivity index (χ0v) is 19.5. The summed E-state index contributed by atoms with van der Waals surface area (Å²) in [6.45, 7) is 6.70. The van der Waals surface area contributed by atoms with Gasteiger partial charge in [-0.1, -0.05) is 76.9 Å². The minimum absolute atomic E-state index is 0.461. The molecule has 170 valence electrons. The van der Waals surface area contributed by atoms with Gasteiger partial charge in [-0.2, -0.15) is 0 Å². The fourth-order valence-electron chi connectivity index (χ4n) is 3.63. The fraction of sp³-hybridized carbons (Fsp3) is 0.593. The minimum Gasteiger partial charge on any atom is -0.463 e. The quantitative estimate of drug-likeness (QED) is 0.182. The molecule has 4 heteroatoms. The minimum atomic E-state index is 0.461. The van der Waals surface area contributed by atoms with Crippen molar-refractivity contribution in [2.24, 2.45) is 0 Å². The highest BCUT2D eigenvalue weighted by atomic mass is 16.5. The van der Waals surface area contributed by atoms with Gasteiger partial charge in [-0.15, -0.1) is 6.58 Å². The van der Waals surface area contributed by atoms with E-state index in [1.807, 2.05) is 24.7 Å². The summed E-state index contributed by atoms with van der Waals surface area (Å²) in [4.78, 5) is 13.3. The van der Waals surface area contributed by atoms with Crippen LogP contribution in [-0.4, -0.2) is 21.6 Å². The Morgan fingerprint density at radius 2 is 1.39 bits per heavy atom. The Bertz CT molecular complexity index is 697. The molecule has 0 N–H and O–H groups in total. The summed E-state index contributed by atoms with van der Waals surface area (Å²) in [6, 6.07) is 4.71. The van der Waals surface area contributed by atoms with E-state index < -0.39 is 0 Å². The normalized spacial score (nSPS) is 10.9. The van der Waals surface area contributed by atoms with Crippen LogP contribution in [0.5, 0.6) is 6.01 Å². The van der Waals surface area contributed by atoms with Gasteiger partial charge in [0.15, 0.2) is 0 Å². The molecule has 0 aliphatic carbocycles. The lowest BCUT2D eigenvalue weighted by atomic mass is 10.1. The second-order valence-electron chi connectivity index (χ2n) is 8.36. The largest absolute Gasteiger partial charge is 0.463 e. The van der Waals surface area contributed by atoms with Crippen molar-refractivity contribution in [3.05, 3.63) is 49.1 Å². The second-order valence-corrected chi connectivity index (χ2v) is 8.36. The molecule has 2 heterocycles. The van der Waals surface area contributed by atoms with Crippen LogP contribution in [0.25, 0.3) is 11.1 Å². The van der Waals surface area contributed by atoms with Gasteiger partial charge < -0.3 is 4.74 Å². The zero-order valence-electron chi connectivity index (χ0n) is 19.5. The van der Waals surface area contributed by atoms with Gasteiger partial charge in [-0.05, 0) is 38.2 Å². The maximum atomic E-state index is 5.69. The predicted octanol–water partition coefficient (Wildman–Crippen LogP) is 7.74. The molecule has 0 atom stereocenters. The van der Waals surface area contributed by atoms with Crippen LogP contribution >= 0.6 is 0 Å². The van der Waals surface area contributed by atoms with Crippen LogP contribution in [0.2, 0.25) is 0 Å². The SMILES string of the molecule is C=CCCCCCCCCOc1ncc(-c2ccc(CCCCCCCC)nc2)cn1. The molecule has 0 bridgehead atoms. The van der Waals surface area contributed by atoms with Gasteiger partial charge in [0.1, 0.15) is 0 Å². The Morgan fingerprint density at radius 3 is 2.06 bits per heavy atom. The molecule has 0 saturated heterocycles. The smallest absolute Gasteiger partial charge is 0.316 e. The number of allylic oxidation sites excluding steroid dienone is 1. The van der Waals surface area contributed by atoms with Gasteiger partial charge in [-0.25, -0.2) is 9.97 Å². The van der Waals surface area contributed by atoms with Crippen molar-refractivity contribution < 1.29 is 4.74 Å². The van der Waals surface area contributed by atoms with Gasteiger partial charge in [0.25, 0.3) is 0 Å². The molecule has 2 rings (SSSR count). The summed E-state index contributed by atoms with van der Waals surface area (Å²) >= 11 is 0. The first-order valence-corrected chi connectivity index (χ1v) is 12.3. The molecule has 0 amide bonds. The molecule has 0 aliphatic rings. The number of aryl methyl sites for hydroxylation is 1. The Morgan fingerprint density at radius 1 is 0.742 bits per heavy atom. The van der Waals surface area contributed by atoms with Crippen LogP contribution in [0.3, 0.4) is 0 Å². The number of rotatable bonds is 18. The molecule has 4 nitrogen and oxygen atoms in total. The number of pyridine rings is 1. The molecule has 31 heavy (non-hydrogen) atoms. The fourth-order valence-corrected chi connectivity index (χ4v) is 3.63. The third kappa shape index (κ3) is 11.1. The summed E-state index contributed by atoms with van der Waals surface area (Å²) < 4.78 is 5.69. The van der Waals surface area contributed by atoms with Gasteiger partial charge >= 0.3 is 6.01 Å². The molecule has 2 aromatic heterocycles. The molecular formula is C27H41N3O. The van der Waals surface area contributed by atoms with Crippen molar-refractivity contribution in [2.75, 3.05) is 6.61 Å². The second kappa shape index (κ2) is 16.5. The van der Waals surface area contributed by atoms with E-state index in [1.165, 1.54) is 76.3 Å². The van der Waals surface area contributed by atoms with E-state index >= 15 is 0 Å². The number of unbranched alkanes of at least 4 members (excludes halogenated alkanes) is 11. The molecule has 2 aromatic rings. The number of ether oxygens (including phenoxy) is 1. The lowest BCUT2D eigenvalue weighted by Gasteiger charge is -2.06. The van der Waals surface area contributed by atoms with Crippen LogP contribution in [0.1, 0.15) is 96.1 Å². The van der Waals surface area contributed by atoms with Crippen molar-refractivity contribution in [2.45, 2.75) is 96.8 Å². The van der Waals surface area contributed by atoms with Crippen LogP contribution in [0, 0.1) is 0 Å². The Labute approximate surface area is 189 Å². The Balaban J connectivity index is 1.63. The van der Waals surface area contributed by atoms with Gasteiger partial charge in [0, 0.05) is 35.4 Å². The van der Waals surface area contributed by atoms with Crippen LogP contribution in [0.15, 0.2) is 43.4 Å². The topological polar surface area (TPSA) is 47.9 Å². The Kier molecular flexibility index (Phi) is 13.3. The summed E-state index contributed by atoms with van der Waals surface area (Å²) in [5, 5.41) is 0. The predicted molar refractivity (Wildman–Crippen MR) is 130 cm³/mol. The van der Waals surface area contributed by atoms with Crippen molar-refractivity contribution in [1.82, 2.24) is 15.0 Å². The molecule has 0 aromatic carbocycles. The summed E-state index contributed by atoms with van der Waals surface area (Å²) in [5.74, 6) is 0. The third-order valence-corrected chi connectivity index (χ3v) is 5.61. The van der Waals surface area contributed by atoms with Crippen LogP contribution in [-0.2, 0) is 6.42 Å². The molecular weight excluding hydrogens is 382 g/mol. The number of aromatic nitrogens is 3. The van der Waals surface area contributed by atoms with Crippen molar-refractivity contribution >= 4 is 0 Å². The monoisotopic (exact) mass is 423 g/mol. The van der Waals surface area contributed by atoms with Crippen LogP contribution in [0.4, 0.5) is 0 Å². The highest BCUT2D eigenvalue weighted by Crippen LogP contribution is 2.19. The molecule has 0 aliphatic heterocycles. The van der Waals surface area contributed by atoms with Crippen LogP contribution < -0.4 is 4.74 Å². The molecule has 0 unspecified atom stereocenters. The average Bonchev–Trinajstić information content (AvgIpc) is 2.81. The number of hydrogen-bond acceptors (Lipinski definition) is 4. The maximum absolute atomic E-state index is 5.69. The summed E-state index contributed by atoms with van der Waals surface area (Å²) in [5.41, 5.74) is 3.20. The van der Waals surface area contributed by atoms with E-state index in [0.717, 1.165) is 30.4 Å². The first-order chi connectivity index (χ1) is 15.3. The molecule has 0 radical (unpaired) electrons. The summed E-state index contributed by atoms with van der Waals surface area (Å²) in [7, 11) is 0. The third-order valence-electron chi connectivity index (χ3n) is 5.61. The van der Waals surface area contributed by atoms with E-state index in [1.54, 1.807) is 0 Å². The van der Waals surface area contributed by atoms with Gasteiger partial charge in [-0.3, -0.25) is 4.98 Å². The van der Waals surface area contributed by atoms with E-state index in [-0.39, 0.29) is 0 Å². The standard InChI is InChI=1S/C27H41N3O/c1-3-5-7-9-11-12-14-16-20-31-27-29-22-25(23-30-27)24-18-19-26(28-21-24)17-15-13-10-8-6-4-2/h3,18-19,21-23H,1,4-17,20H2,2H3. The molecule has 0 fully saturated rings. The molecule has 0 spiro atoms. The highest BCUT2D eigenvalue weighted by molar-refractivity contribution is 5.60. The van der Waals surface area contributed by atoms with Crippen molar-refractivity contribution in [3.8, 4) is 17.1 Å². The lowest BCUT2D eigenvalue weighted by Crippen LogP contribution is -2.01. The summed E-state index contributed by atoms with van der Waals surface area (Å²) in [6.07, 6.45) is 25.0. The van der Waals surface area contributed by atoms with Crippen molar-refractivity contribution in [1.29, 1.82) is 0 Å².